The first-order chi connectivity index (χ1) is 8.69. The van der Waals surface area contributed by atoms with Crippen molar-refractivity contribution in [1.29, 1.82) is 0 Å². The fourth-order valence-corrected chi connectivity index (χ4v) is 2.80. The van der Waals surface area contributed by atoms with E-state index in [9.17, 15) is 0 Å². The molecule has 0 saturated heterocycles. The summed E-state index contributed by atoms with van der Waals surface area (Å²) in [5, 5.41) is 3.48. The number of hydrogen-bond donors (Lipinski definition) is 1. The van der Waals surface area contributed by atoms with E-state index >= 15 is 0 Å². The Morgan fingerprint density at radius 1 is 1.33 bits per heavy atom. The van der Waals surface area contributed by atoms with E-state index in [1.54, 1.807) is 18.4 Å². The predicted octanol–water partition coefficient (Wildman–Crippen LogP) is 4.26. The Labute approximate surface area is 117 Å². The van der Waals surface area contributed by atoms with Crippen molar-refractivity contribution in [2.45, 2.75) is 19.5 Å². The van der Waals surface area contributed by atoms with Gasteiger partial charge in [0.25, 0.3) is 0 Å². The molecule has 2 aromatic rings. The Hall–Kier alpha value is -1.03. The van der Waals surface area contributed by atoms with Crippen LogP contribution >= 0.6 is 22.9 Å². The fraction of sp³-hybridized carbons (Fsp3) is 0.286. The Kier molecular flexibility index (Phi) is 4.64. The van der Waals surface area contributed by atoms with Gasteiger partial charge in [0, 0.05) is 17.5 Å². The summed E-state index contributed by atoms with van der Waals surface area (Å²) in [4.78, 5) is 1.25. The molecule has 0 bridgehead atoms. The van der Waals surface area contributed by atoms with Crippen LogP contribution < -0.4 is 10.1 Å². The summed E-state index contributed by atoms with van der Waals surface area (Å²) in [6.07, 6.45) is 0. The molecule has 1 aromatic heterocycles. The third-order valence-corrected chi connectivity index (χ3v) is 4.18. The third kappa shape index (κ3) is 3.48. The second kappa shape index (κ2) is 6.23. The minimum Gasteiger partial charge on any atom is -0.497 e. The number of halogens is 1. The van der Waals surface area contributed by atoms with E-state index in [0.717, 1.165) is 16.6 Å². The van der Waals surface area contributed by atoms with Crippen LogP contribution in [0.4, 0.5) is 0 Å². The molecule has 0 saturated carbocycles. The van der Waals surface area contributed by atoms with Crippen molar-refractivity contribution in [3.63, 3.8) is 0 Å². The second-order valence-corrected chi connectivity index (χ2v) is 5.84. The van der Waals surface area contributed by atoms with Crippen LogP contribution in [0.1, 0.15) is 23.4 Å². The van der Waals surface area contributed by atoms with E-state index in [0.29, 0.717) is 6.04 Å². The second-order valence-electron chi connectivity index (χ2n) is 4.10. The molecule has 18 heavy (non-hydrogen) atoms. The maximum atomic E-state index is 5.94. The van der Waals surface area contributed by atoms with Crippen molar-refractivity contribution in [3.8, 4) is 5.75 Å². The van der Waals surface area contributed by atoms with Crippen LogP contribution in [0.5, 0.6) is 5.75 Å². The molecular formula is C14H16ClNOS. The van der Waals surface area contributed by atoms with Crippen LogP contribution in [-0.2, 0) is 6.54 Å². The molecule has 0 amide bonds. The molecule has 0 spiro atoms. The zero-order chi connectivity index (χ0) is 13.0. The van der Waals surface area contributed by atoms with E-state index in [-0.39, 0.29) is 0 Å². The quantitative estimate of drug-likeness (QED) is 0.884. The maximum absolute atomic E-state index is 5.94. The first kappa shape index (κ1) is 13.4. The van der Waals surface area contributed by atoms with Crippen LogP contribution in [0.15, 0.2) is 36.4 Å². The number of methoxy groups -OCH3 is 1. The molecular weight excluding hydrogens is 266 g/mol. The molecule has 2 nitrogen and oxygen atoms in total. The van der Waals surface area contributed by atoms with Gasteiger partial charge in [-0.15, -0.1) is 11.3 Å². The molecule has 2 rings (SSSR count). The number of benzene rings is 1. The van der Waals surface area contributed by atoms with Gasteiger partial charge in [-0.25, -0.2) is 0 Å². The highest BCUT2D eigenvalue weighted by Gasteiger charge is 2.07. The van der Waals surface area contributed by atoms with E-state index in [4.69, 9.17) is 16.3 Å². The number of thiophene rings is 1. The smallest absolute Gasteiger partial charge is 0.119 e. The zero-order valence-electron chi connectivity index (χ0n) is 10.4. The maximum Gasteiger partial charge on any atom is 0.119 e. The summed E-state index contributed by atoms with van der Waals surface area (Å²) < 4.78 is 6.04. The average Bonchev–Trinajstić information content (AvgIpc) is 2.83. The van der Waals surface area contributed by atoms with Crippen LogP contribution in [0.2, 0.25) is 4.34 Å². The first-order valence-corrected chi connectivity index (χ1v) is 7.00. The molecule has 0 aliphatic heterocycles. The standard InChI is InChI=1S/C14H16ClNOS/c1-10(13-6-7-14(15)18-13)16-9-11-4-3-5-12(8-11)17-2/h3-8,10,16H,9H2,1-2H3. The van der Waals surface area contributed by atoms with Crippen LogP contribution in [0, 0.1) is 0 Å². The van der Waals surface area contributed by atoms with Crippen molar-refractivity contribution < 1.29 is 4.74 Å². The average molecular weight is 282 g/mol. The Morgan fingerprint density at radius 2 is 2.17 bits per heavy atom. The van der Waals surface area contributed by atoms with Gasteiger partial charge in [0.1, 0.15) is 5.75 Å². The van der Waals surface area contributed by atoms with Crippen molar-refractivity contribution >= 4 is 22.9 Å². The lowest BCUT2D eigenvalue weighted by Gasteiger charge is -2.12. The minimum atomic E-state index is 0.300. The van der Waals surface area contributed by atoms with Gasteiger partial charge in [-0.05, 0) is 36.8 Å². The number of ether oxygens (including phenoxy) is 1. The van der Waals surface area contributed by atoms with Crippen LogP contribution in [-0.4, -0.2) is 7.11 Å². The van der Waals surface area contributed by atoms with E-state index in [1.807, 2.05) is 24.3 Å². The molecule has 0 fully saturated rings. The highest BCUT2D eigenvalue weighted by molar-refractivity contribution is 7.16. The van der Waals surface area contributed by atoms with Gasteiger partial charge in [-0.1, -0.05) is 23.7 Å². The van der Waals surface area contributed by atoms with Gasteiger partial charge in [0.2, 0.25) is 0 Å². The molecule has 0 radical (unpaired) electrons. The van der Waals surface area contributed by atoms with Gasteiger partial charge in [0.15, 0.2) is 0 Å². The molecule has 4 heteroatoms. The van der Waals surface area contributed by atoms with Crippen LogP contribution in [0.25, 0.3) is 0 Å². The monoisotopic (exact) mass is 281 g/mol. The highest BCUT2D eigenvalue weighted by Crippen LogP contribution is 2.26. The number of hydrogen-bond acceptors (Lipinski definition) is 3. The minimum absolute atomic E-state index is 0.300. The van der Waals surface area contributed by atoms with E-state index in [2.05, 4.69) is 24.4 Å². The summed E-state index contributed by atoms with van der Waals surface area (Å²) in [5.41, 5.74) is 1.21. The molecule has 1 atom stereocenters. The number of rotatable bonds is 5. The summed E-state index contributed by atoms with van der Waals surface area (Å²) in [7, 11) is 1.68. The summed E-state index contributed by atoms with van der Waals surface area (Å²) in [5.74, 6) is 0.890. The van der Waals surface area contributed by atoms with Gasteiger partial charge >= 0.3 is 0 Å². The van der Waals surface area contributed by atoms with Gasteiger partial charge in [-0.2, -0.15) is 0 Å². The van der Waals surface area contributed by atoms with Gasteiger partial charge < -0.3 is 10.1 Å². The third-order valence-electron chi connectivity index (χ3n) is 2.77. The zero-order valence-corrected chi connectivity index (χ0v) is 12.0. The first-order valence-electron chi connectivity index (χ1n) is 5.80. The molecule has 1 unspecified atom stereocenters. The summed E-state index contributed by atoms with van der Waals surface area (Å²) in [6, 6.07) is 12.4. The lowest BCUT2D eigenvalue weighted by molar-refractivity contribution is 0.414. The van der Waals surface area contributed by atoms with Crippen molar-refractivity contribution in [2.24, 2.45) is 0 Å². The summed E-state index contributed by atoms with van der Waals surface area (Å²) >= 11 is 7.55. The van der Waals surface area contributed by atoms with E-state index < -0.39 is 0 Å². The summed E-state index contributed by atoms with van der Waals surface area (Å²) in [6.45, 7) is 2.95. The molecule has 1 aromatic carbocycles. The SMILES string of the molecule is COc1cccc(CNC(C)c2ccc(Cl)s2)c1. The Balaban J connectivity index is 1.94. The lowest BCUT2D eigenvalue weighted by Crippen LogP contribution is -2.17. The normalized spacial score (nSPS) is 12.4. The van der Waals surface area contributed by atoms with E-state index in [1.165, 1.54) is 10.4 Å². The Bertz CT molecular complexity index is 512. The van der Waals surface area contributed by atoms with Crippen LogP contribution in [0.3, 0.4) is 0 Å². The molecule has 1 heterocycles. The molecule has 0 aliphatic rings. The fourth-order valence-electron chi connectivity index (χ4n) is 1.71. The molecule has 96 valence electrons. The van der Waals surface area contributed by atoms with Gasteiger partial charge in [0.05, 0.1) is 11.4 Å². The highest BCUT2D eigenvalue weighted by atomic mass is 35.5. The largest absolute Gasteiger partial charge is 0.497 e. The molecule has 1 N–H and O–H groups in total. The van der Waals surface area contributed by atoms with Crippen molar-refractivity contribution in [2.75, 3.05) is 7.11 Å². The van der Waals surface area contributed by atoms with Crippen molar-refractivity contribution in [1.82, 2.24) is 5.32 Å². The number of nitrogens with one attached hydrogen (secondary N) is 1. The lowest BCUT2D eigenvalue weighted by atomic mass is 10.2. The molecule has 0 aliphatic carbocycles. The Morgan fingerprint density at radius 3 is 2.83 bits per heavy atom. The van der Waals surface area contributed by atoms with Gasteiger partial charge in [-0.3, -0.25) is 0 Å². The van der Waals surface area contributed by atoms with Crippen molar-refractivity contribution in [3.05, 3.63) is 51.2 Å². The predicted molar refractivity (Wildman–Crippen MR) is 77.6 cm³/mol. The topological polar surface area (TPSA) is 21.3 Å².